The Morgan fingerprint density at radius 1 is 1.38 bits per heavy atom. The normalized spacial score (nSPS) is 15.3. The molecule has 1 heterocycles. The van der Waals surface area contributed by atoms with Crippen molar-refractivity contribution in [3.63, 3.8) is 0 Å². The number of phenols is 1. The quantitative estimate of drug-likeness (QED) is 0.869. The van der Waals surface area contributed by atoms with E-state index in [4.69, 9.17) is 0 Å². The second-order valence-corrected chi connectivity index (χ2v) is 6.62. The second-order valence-electron chi connectivity index (χ2n) is 6.62. The van der Waals surface area contributed by atoms with Gasteiger partial charge in [-0.1, -0.05) is 26.8 Å². The Morgan fingerprint density at radius 2 is 2.05 bits per heavy atom. The van der Waals surface area contributed by atoms with Gasteiger partial charge in [-0.3, -0.25) is 4.99 Å². The number of aryl methyl sites for hydroxylation is 1. The van der Waals surface area contributed by atoms with E-state index in [2.05, 4.69) is 31.0 Å². The van der Waals surface area contributed by atoms with Crippen molar-refractivity contribution < 1.29 is 5.11 Å². The summed E-state index contributed by atoms with van der Waals surface area (Å²) in [6, 6.07) is 2.03. The fourth-order valence-electron chi connectivity index (χ4n) is 2.73. The zero-order valence-electron chi connectivity index (χ0n) is 13.4. The topological polar surface area (TPSA) is 65.3 Å². The molecule has 0 atom stereocenters. The Balaban J connectivity index is 2.42. The molecular weight excluding hydrogens is 266 g/mol. The minimum atomic E-state index is -0.112. The Hall–Kier alpha value is -1.91. The monoisotopic (exact) mass is 289 g/mol. The van der Waals surface area contributed by atoms with Gasteiger partial charge >= 0.3 is 0 Å². The minimum absolute atomic E-state index is 0.112. The van der Waals surface area contributed by atoms with Crippen LogP contribution in [0.4, 0.5) is 0 Å². The van der Waals surface area contributed by atoms with Crippen molar-refractivity contribution in [1.29, 1.82) is 0 Å². The molecule has 1 aromatic rings. The van der Waals surface area contributed by atoms with E-state index in [-0.39, 0.29) is 5.41 Å². The van der Waals surface area contributed by atoms with Crippen LogP contribution in [0, 0.1) is 18.8 Å². The van der Waals surface area contributed by atoms with Gasteiger partial charge < -0.3 is 5.11 Å². The number of hydrogen-bond donors (Lipinski definition) is 1. The Bertz CT molecular complexity index is 601. The van der Waals surface area contributed by atoms with Crippen LogP contribution in [0.5, 0.6) is 5.75 Å². The van der Waals surface area contributed by atoms with Crippen molar-refractivity contribution in [1.82, 2.24) is 5.01 Å². The molecule has 0 unspecified atom stereocenters. The summed E-state index contributed by atoms with van der Waals surface area (Å²) in [6.45, 7) is 11.3. The molecule has 5 heteroatoms. The SMILES string of the molecule is Cc1cc(C(C)(C)C)c(O)c(C)c1CC1=NCCN1N=O. The molecule has 2 rings (SSSR count). The molecular formula is C16H23N3O2. The van der Waals surface area contributed by atoms with Crippen molar-refractivity contribution in [2.75, 3.05) is 13.1 Å². The zero-order chi connectivity index (χ0) is 15.8. The molecule has 5 nitrogen and oxygen atoms in total. The predicted molar refractivity (Wildman–Crippen MR) is 84.8 cm³/mol. The third kappa shape index (κ3) is 2.91. The molecule has 1 N–H and O–H groups in total. The van der Waals surface area contributed by atoms with Crippen molar-refractivity contribution >= 4 is 5.84 Å². The van der Waals surface area contributed by atoms with E-state index < -0.39 is 0 Å². The summed E-state index contributed by atoms with van der Waals surface area (Å²) in [5.74, 6) is 1.02. The molecule has 21 heavy (non-hydrogen) atoms. The Kier molecular flexibility index (Phi) is 4.03. The number of hydrogen-bond acceptors (Lipinski definition) is 4. The minimum Gasteiger partial charge on any atom is -0.507 e. The van der Waals surface area contributed by atoms with Crippen molar-refractivity contribution in [3.8, 4) is 5.75 Å². The first-order valence-corrected chi connectivity index (χ1v) is 7.22. The van der Waals surface area contributed by atoms with E-state index >= 15 is 0 Å². The van der Waals surface area contributed by atoms with Crippen LogP contribution in [0.2, 0.25) is 0 Å². The summed E-state index contributed by atoms with van der Waals surface area (Å²) in [5, 5.41) is 14.9. The van der Waals surface area contributed by atoms with Crippen molar-refractivity contribution in [3.05, 3.63) is 33.2 Å². The summed E-state index contributed by atoms with van der Waals surface area (Å²) in [4.78, 5) is 15.1. The first-order valence-electron chi connectivity index (χ1n) is 7.22. The highest BCUT2D eigenvalue weighted by Gasteiger charge is 2.24. The van der Waals surface area contributed by atoms with Crippen LogP contribution in [0.3, 0.4) is 0 Å². The molecule has 1 aliphatic heterocycles. The van der Waals surface area contributed by atoms with Gasteiger partial charge in [-0.05, 0) is 41.5 Å². The summed E-state index contributed by atoms with van der Waals surface area (Å²) < 4.78 is 0. The summed E-state index contributed by atoms with van der Waals surface area (Å²) in [5.41, 5.74) is 3.82. The van der Waals surface area contributed by atoms with E-state index in [1.807, 2.05) is 19.9 Å². The maximum absolute atomic E-state index is 10.8. The molecule has 0 saturated heterocycles. The number of nitroso groups, excluding NO2 is 1. The Morgan fingerprint density at radius 3 is 2.62 bits per heavy atom. The summed E-state index contributed by atoms with van der Waals surface area (Å²) in [6.07, 6.45) is 0.529. The van der Waals surface area contributed by atoms with Gasteiger partial charge in [0.1, 0.15) is 11.6 Å². The van der Waals surface area contributed by atoms with Gasteiger partial charge in [0.25, 0.3) is 0 Å². The van der Waals surface area contributed by atoms with Gasteiger partial charge in [0.05, 0.1) is 18.4 Å². The van der Waals surface area contributed by atoms with Crippen LogP contribution in [0.25, 0.3) is 0 Å². The van der Waals surface area contributed by atoms with E-state index in [1.165, 1.54) is 5.01 Å². The third-order valence-corrected chi connectivity index (χ3v) is 4.05. The summed E-state index contributed by atoms with van der Waals surface area (Å²) in [7, 11) is 0. The molecule has 0 fully saturated rings. The Labute approximate surface area is 125 Å². The number of phenolic OH excluding ortho intramolecular Hbond substituents is 1. The standard InChI is InChI=1S/C16H23N3O2/c1-10-8-13(16(3,4)5)15(20)11(2)12(10)9-14-17-6-7-19(14)18-21/h8,20H,6-7,9H2,1-5H3. The molecule has 1 aliphatic rings. The van der Waals surface area contributed by atoms with Crippen LogP contribution in [-0.2, 0) is 11.8 Å². The maximum atomic E-state index is 10.8. The number of rotatable bonds is 3. The van der Waals surface area contributed by atoms with Gasteiger partial charge in [0, 0.05) is 6.42 Å². The number of aliphatic imine (C=N–C) groups is 1. The van der Waals surface area contributed by atoms with Crippen LogP contribution in [0.1, 0.15) is 43.0 Å². The fraction of sp³-hybridized carbons (Fsp3) is 0.562. The average molecular weight is 289 g/mol. The molecule has 0 bridgehead atoms. The molecule has 0 saturated carbocycles. The van der Waals surface area contributed by atoms with Gasteiger partial charge in [-0.25, -0.2) is 5.01 Å². The van der Waals surface area contributed by atoms with E-state index in [0.717, 1.165) is 22.3 Å². The molecule has 0 aliphatic carbocycles. The van der Waals surface area contributed by atoms with Gasteiger partial charge in [0.15, 0.2) is 0 Å². The van der Waals surface area contributed by atoms with E-state index in [1.54, 1.807) is 0 Å². The lowest BCUT2D eigenvalue weighted by Gasteiger charge is -2.24. The van der Waals surface area contributed by atoms with Crippen LogP contribution in [-0.4, -0.2) is 29.0 Å². The predicted octanol–water partition coefficient (Wildman–Crippen LogP) is 3.24. The van der Waals surface area contributed by atoms with E-state index in [0.29, 0.717) is 31.1 Å². The molecule has 0 spiro atoms. The second kappa shape index (κ2) is 5.47. The van der Waals surface area contributed by atoms with Crippen molar-refractivity contribution in [2.45, 2.75) is 46.5 Å². The lowest BCUT2D eigenvalue weighted by molar-refractivity contribution is 0.441. The van der Waals surface area contributed by atoms with Crippen molar-refractivity contribution in [2.24, 2.45) is 10.3 Å². The largest absolute Gasteiger partial charge is 0.507 e. The molecule has 0 amide bonds. The number of amidine groups is 1. The zero-order valence-corrected chi connectivity index (χ0v) is 13.4. The maximum Gasteiger partial charge on any atom is 0.127 e. The third-order valence-electron chi connectivity index (χ3n) is 4.05. The highest BCUT2D eigenvalue weighted by molar-refractivity contribution is 5.86. The lowest BCUT2D eigenvalue weighted by Crippen LogP contribution is -2.24. The highest BCUT2D eigenvalue weighted by Crippen LogP contribution is 2.36. The summed E-state index contributed by atoms with van der Waals surface area (Å²) >= 11 is 0. The molecule has 0 radical (unpaired) electrons. The highest BCUT2D eigenvalue weighted by atomic mass is 16.3. The van der Waals surface area contributed by atoms with Crippen LogP contribution < -0.4 is 0 Å². The van der Waals surface area contributed by atoms with Gasteiger partial charge in [-0.15, -0.1) is 4.91 Å². The molecule has 0 aromatic heterocycles. The smallest absolute Gasteiger partial charge is 0.127 e. The number of benzene rings is 1. The van der Waals surface area contributed by atoms with E-state index in [9.17, 15) is 10.0 Å². The first-order chi connectivity index (χ1) is 9.75. The molecule has 114 valence electrons. The molecule has 1 aromatic carbocycles. The van der Waals surface area contributed by atoms with Crippen LogP contribution >= 0.6 is 0 Å². The van der Waals surface area contributed by atoms with Gasteiger partial charge in [0.2, 0.25) is 0 Å². The van der Waals surface area contributed by atoms with Gasteiger partial charge in [-0.2, -0.15) is 0 Å². The number of nitrogens with zero attached hydrogens (tertiary/aromatic N) is 3. The number of aromatic hydroxyl groups is 1. The van der Waals surface area contributed by atoms with Crippen LogP contribution in [0.15, 0.2) is 16.3 Å². The average Bonchev–Trinajstić information content (AvgIpc) is 2.84. The fourth-order valence-corrected chi connectivity index (χ4v) is 2.73. The first kappa shape index (κ1) is 15.5. The lowest BCUT2D eigenvalue weighted by atomic mass is 9.82.